The van der Waals surface area contributed by atoms with Gasteiger partial charge in [0.15, 0.2) is 0 Å². The smallest absolute Gasteiger partial charge is 0.326 e. The highest BCUT2D eigenvalue weighted by Crippen LogP contribution is 2.29. The first kappa shape index (κ1) is 15.9. The molecular formula is C11H13BrFNO4S. The lowest BCUT2D eigenvalue weighted by Crippen LogP contribution is -2.37. The molecule has 0 bridgehead atoms. The van der Waals surface area contributed by atoms with Gasteiger partial charge in [0.05, 0.1) is 18.6 Å². The molecule has 0 aliphatic rings. The van der Waals surface area contributed by atoms with Crippen molar-refractivity contribution >= 4 is 37.6 Å². The highest BCUT2D eigenvalue weighted by molar-refractivity contribution is 9.10. The predicted molar refractivity (Wildman–Crippen MR) is 72.9 cm³/mol. The Morgan fingerprint density at radius 1 is 1.47 bits per heavy atom. The molecule has 0 amide bonds. The zero-order valence-corrected chi connectivity index (χ0v) is 12.8. The molecule has 5 nitrogen and oxygen atoms in total. The normalized spacial score (nSPS) is 11.2. The fourth-order valence-electron chi connectivity index (χ4n) is 1.35. The summed E-state index contributed by atoms with van der Waals surface area (Å²) in [5.41, 5.74) is 0.189. The van der Waals surface area contributed by atoms with E-state index in [4.69, 9.17) is 0 Å². The van der Waals surface area contributed by atoms with E-state index in [0.29, 0.717) is 0 Å². The molecule has 0 aliphatic heterocycles. The molecule has 0 saturated carbocycles. The molecule has 0 aliphatic carbocycles. The van der Waals surface area contributed by atoms with Crippen LogP contribution in [-0.4, -0.2) is 33.8 Å². The lowest BCUT2D eigenvalue weighted by molar-refractivity contribution is -0.138. The van der Waals surface area contributed by atoms with Crippen molar-refractivity contribution in [1.82, 2.24) is 0 Å². The minimum Gasteiger partial charge on any atom is -0.468 e. The van der Waals surface area contributed by atoms with E-state index in [1.807, 2.05) is 0 Å². The number of ether oxygens (including phenoxy) is 1. The molecule has 1 rings (SSSR count). The Balaban J connectivity index is 3.27. The van der Waals surface area contributed by atoms with Crippen LogP contribution in [0.3, 0.4) is 0 Å². The van der Waals surface area contributed by atoms with Crippen molar-refractivity contribution in [3.05, 3.63) is 28.5 Å². The van der Waals surface area contributed by atoms with E-state index in [9.17, 15) is 17.6 Å². The average molecular weight is 354 g/mol. The van der Waals surface area contributed by atoms with Gasteiger partial charge >= 0.3 is 5.97 Å². The number of halogens is 2. The Labute approximate surface area is 119 Å². The lowest BCUT2D eigenvalue weighted by atomic mass is 10.3. The van der Waals surface area contributed by atoms with E-state index >= 15 is 0 Å². The fourth-order valence-corrected chi connectivity index (χ4v) is 3.11. The van der Waals surface area contributed by atoms with E-state index in [1.54, 1.807) is 0 Å². The third-order valence-electron chi connectivity index (χ3n) is 2.38. The molecule has 0 radical (unpaired) electrons. The van der Waals surface area contributed by atoms with Crippen molar-refractivity contribution < 1.29 is 22.3 Å². The quantitative estimate of drug-likeness (QED) is 0.758. The van der Waals surface area contributed by atoms with Crippen LogP contribution in [0.25, 0.3) is 0 Å². The van der Waals surface area contributed by atoms with Crippen molar-refractivity contribution in [3.63, 3.8) is 0 Å². The molecule has 0 atom stereocenters. The Kier molecular flexibility index (Phi) is 5.30. The SMILES string of the molecule is CCS(=O)(=O)N(CC(=O)OC)c1ccc(F)cc1Br. The molecule has 1 aromatic carbocycles. The van der Waals surface area contributed by atoms with Gasteiger partial charge in [-0.25, -0.2) is 12.8 Å². The van der Waals surface area contributed by atoms with Crippen LogP contribution >= 0.6 is 15.9 Å². The fraction of sp³-hybridized carbons (Fsp3) is 0.364. The summed E-state index contributed by atoms with van der Waals surface area (Å²) in [6.45, 7) is 0.994. The minimum atomic E-state index is -3.67. The van der Waals surface area contributed by atoms with Crippen LogP contribution in [-0.2, 0) is 19.6 Å². The number of benzene rings is 1. The first-order chi connectivity index (χ1) is 8.81. The monoisotopic (exact) mass is 353 g/mol. The predicted octanol–water partition coefficient (Wildman–Crippen LogP) is 1.92. The molecule has 0 saturated heterocycles. The number of esters is 1. The van der Waals surface area contributed by atoms with Gasteiger partial charge in [-0.15, -0.1) is 0 Å². The molecule has 0 fully saturated rings. The van der Waals surface area contributed by atoms with Crippen LogP contribution in [0.4, 0.5) is 10.1 Å². The summed E-state index contributed by atoms with van der Waals surface area (Å²) in [6.07, 6.45) is 0. The number of anilines is 1. The summed E-state index contributed by atoms with van der Waals surface area (Å²) in [5.74, 6) is -1.40. The van der Waals surface area contributed by atoms with Crippen molar-refractivity contribution in [3.8, 4) is 0 Å². The van der Waals surface area contributed by atoms with Crippen molar-refractivity contribution in [1.29, 1.82) is 0 Å². The number of sulfonamides is 1. The highest BCUT2D eigenvalue weighted by atomic mass is 79.9. The lowest BCUT2D eigenvalue weighted by Gasteiger charge is -2.23. The van der Waals surface area contributed by atoms with E-state index < -0.39 is 28.4 Å². The second-order valence-electron chi connectivity index (χ2n) is 3.58. The maximum absolute atomic E-state index is 13.0. The van der Waals surface area contributed by atoms with Gasteiger partial charge in [0.2, 0.25) is 10.0 Å². The third kappa shape index (κ3) is 3.90. The summed E-state index contributed by atoms with van der Waals surface area (Å²) in [7, 11) is -2.51. The van der Waals surface area contributed by atoms with E-state index in [0.717, 1.165) is 16.4 Å². The Morgan fingerprint density at radius 2 is 2.11 bits per heavy atom. The largest absolute Gasteiger partial charge is 0.468 e. The van der Waals surface area contributed by atoms with Crippen LogP contribution in [0.5, 0.6) is 0 Å². The van der Waals surface area contributed by atoms with Crippen LogP contribution in [0, 0.1) is 5.82 Å². The molecule has 0 spiro atoms. The van der Waals surface area contributed by atoms with Gasteiger partial charge in [-0.2, -0.15) is 0 Å². The molecular weight excluding hydrogens is 341 g/mol. The zero-order chi connectivity index (χ0) is 14.6. The van der Waals surface area contributed by atoms with E-state index in [1.165, 1.54) is 20.1 Å². The minimum absolute atomic E-state index is 0.187. The van der Waals surface area contributed by atoms with Crippen molar-refractivity contribution in [2.45, 2.75) is 6.92 Å². The van der Waals surface area contributed by atoms with E-state index in [2.05, 4.69) is 20.7 Å². The molecule has 19 heavy (non-hydrogen) atoms. The number of nitrogens with zero attached hydrogens (tertiary/aromatic N) is 1. The summed E-state index contributed by atoms with van der Waals surface area (Å²) >= 11 is 3.08. The zero-order valence-electron chi connectivity index (χ0n) is 10.4. The van der Waals surface area contributed by atoms with Crippen molar-refractivity contribution in [2.75, 3.05) is 23.7 Å². The molecule has 0 N–H and O–H groups in total. The van der Waals surface area contributed by atoms with Gasteiger partial charge < -0.3 is 4.74 Å². The molecule has 0 aromatic heterocycles. The summed E-state index contributed by atoms with van der Waals surface area (Å²) in [6, 6.07) is 3.54. The van der Waals surface area contributed by atoms with Gasteiger partial charge in [-0.3, -0.25) is 9.10 Å². The molecule has 0 unspecified atom stereocenters. The van der Waals surface area contributed by atoms with Gasteiger partial charge in [0.25, 0.3) is 0 Å². The molecule has 1 aromatic rings. The molecule has 0 heterocycles. The van der Waals surface area contributed by atoms with Crippen LogP contribution in [0.1, 0.15) is 6.92 Å². The number of carbonyl (C=O) groups is 1. The Morgan fingerprint density at radius 3 is 2.58 bits per heavy atom. The summed E-state index contributed by atoms with van der Waals surface area (Å²) < 4.78 is 42.6. The number of rotatable bonds is 5. The summed E-state index contributed by atoms with van der Waals surface area (Å²) in [5, 5.41) is 0. The summed E-state index contributed by atoms with van der Waals surface area (Å²) in [4.78, 5) is 11.3. The van der Waals surface area contributed by atoms with Crippen molar-refractivity contribution in [2.24, 2.45) is 0 Å². The second-order valence-corrected chi connectivity index (χ2v) is 6.62. The Bertz CT molecular complexity index is 576. The number of methoxy groups -OCH3 is 1. The number of hydrogen-bond donors (Lipinski definition) is 0. The molecule has 8 heteroatoms. The first-order valence-corrected chi connectivity index (χ1v) is 7.74. The highest BCUT2D eigenvalue weighted by Gasteiger charge is 2.25. The van der Waals surface area contributed by atoms with Crippen LogP contribution in [0.2, 0.25) is 0 Å². The molecule has 106 valence electrons. The number of carbonyl (C=O) groups excluding carboxylic acids is 1. The standard InChI is InChI=1S/C11H13BrFNO4S/c1-3-19(16,17)14(7-11(15)18-2)10-5-4-8(13)6-9(10)12/h4-6H,3,7H2,1-2H3. The first-order valence-electron chi connectivity index (χ1n) is 5.34. The topological polar surface area (TPSA) is 63.7 Å². The van der Waals surface area contributed by atoms with Crippen LogP contribution < -0.4 is 4.31 Å². The maximum Gasteiger partial charge on any atom is 0.326 e. The van der Waals surface area contributed by atoms with E-state index in [-0.39, 0.29) is 15.9 Å². The van der Waals surface area contributed by atoms with Gasteiger partial charge in [-0.1, -0.05) is 0 Å². The second kappa shape index (κ2) is 6.33. The Hall–Kier alpha value is -1.15. The average Bonchev–Trinajstić information content (AvgIpc) is 2.36. The van der Waals surface area contributed by atoms with Gasteiger partial charge in [0.1, 0.15) is 12.4 Å². The van der Waals surface area contributed by atoms with Gasteiger partial charge in [-0.05, 0) is 41.1 Å². The maximum atomic E-state index is 13.0. The van der Waals surface area contributed by atoms with Crippen LogP contribution in [0.15, 0.2) is 22.7 Å². The number of hydrogen-bond acceptors (Lipinski definition) is 4. The van der Waals surface area contributed by atoms with Gasteiger partial charge in [0, 0.05) is 4.47 Å². The third-order valence-corrected chi connectivity index (χ3v) is 4.74.